The van der Waals surface area contributed by atoms with Crippen LogP contribution in [0.15, 0.2) is 24.5 Å². The number of nitrogen functional groups attached to an aromatic ring is 1. The number of amides is 1. The van der Waals surface area contributed by atoms with Gasteiger partial charge in [0, 0.05) is 24.0 Å². The molecule has 0 aromatic carbocycles. The summed E-state index contributed by atoms with van der Waals surface area (Å²) in [5.41, 5.74) is 6.50. The number of nitrogens with zero attached hydrogens (tertiary/aromatic N) is 2. The number of carbonyl (C=O) groups excluding carboxylic acids is 1. The number of nitrogens with one attached hydrogen (secondary N) is 2. The van der Waals surface area contributed by atoms with Crippen molar-refractivity contribution < 1.29 is 4.79 Å². The van der Waals surface area contributed by atoms with Gasteiger partial charge in [-0.1, -0.05) is 0 Å². The second-order valence-corrected chi connectivity index (χ2v) is 4.06. The van der Waals surface area contributed by atoms with Gasteiger partial charge in [-0.25, -0.2) is 4.68 Å². The lowest BCUT2D eigenvalue weighted by Crippen LogP contribution is -2.16. The first kappa shape index (κ1) is 11.3. The number of hydrogen-bond donors (Lipinski definition) is 3. The molecule has 6 nitrogen and oxygen atoms in total. The van der Waals surface area contributed by atoms with Crippen LogP contribution in [-0.2, 0) is 0 Å². The summed E-state index contributed by atoms with van der Waals surface area (Å²) < 4.78 is 1.74. The third-order valence-electron chi connectivity index (χ3n) is 2.35. The van der Waals surface area contributed by atoms with Crippen molar-refractivity contribution in [3.8, 4) is 0 Å². The number of anilines is 2. The third kappa shape index (κ3) is 2.30. The third-order valence-corrected chi connectivity index (χ3v) is 2.35. The molecule has 0 saturated carbocycles. The highest BCUT2D eigenvalue weighted by molar-refractivity contribution is 6.03. The summed E-state index contributed by atoms with van der Waals surface area (Å²) in [6.45, 7) is 3.99. The van der Waals surface area contributed by atoms with Crippen molar-refractivity contribution in [2.75, 3.05) is 11.1 Å². The van der Waals surface area contributed by atoms with Crippen molar-refractivity contribution >= 4 is 17.4 Å². The average Bonchev–Trinajstić information content (AvgIpc) is 2.86. The maximum atomic E-state index is 11.9. The van der Waals surface area contributed by atoms with E-state index in [1.165, 1.54) is 0 Å². The normalized spacial score (nSPS) is 10.8. The summed E-state index contributed by atoms with van der Waals surface area (Å²) in [7, 11) is 0. The van der Waals surface area contributed by atoms with Gasteiger partial charge in [-0.3, -0.25) is 4.79 Å². The Morgan fingerprint density at radius 3 is 2.94 bits per heavy atom. The molecule has 2 aromatic heterocycles. The summed E-state index contributed by atoms with van der Waals surface area (Å²) in [6, 6.07) is 3.53. The Kier molecular flexibility index (Phi) is 2.86. The number of nitrogens with two attached hydrogens (primary N) is 1. The van der Waals surface area contributed by atoms with Gasteiger partial charge in [-0.15, -0.1) is 0 Å². The van der Waals surface area contributed by atoms with Crippen LogP contribution in [0.1, 0.15) is 30.4 Å². The fourth-order valence-corrected chi connectivity index (χ4v) is 1.55. The van der Waals surface area contributed by atoms with Gasteiger partial charge in [0.15, 0.2) is 0 Å². The molecule has 2 aromatic rings. The molecule has 0 aliphatic rings. The lowest BCUT2D eigenvalue weighted by Gasteiger charge is -2.11. The average molecular weight is 233 g/mol. The molecule has 0 aliphatic carbocycles. The minimum atomic E-state index is -0.232. The lowest BCUT2D eigenvalue weighted by molar-refractivity contribution is 0.102. The second kappa shape index (κ2) is 4.32. The molecule has 0 fully saturated rings. The first-order valence-electron chi connectivity index (χ1n) is 5.36. The maximum absolute atomic E-state index is 11.9. The summed E-state index contributed by atoms with van der Waals surface area (Å²) in [5.74, 6) is 0.433. The summed E-state index contributed by atoms with van der Waals surface area (Å²) in [4.78, 5) is 14.7. The van der Waals surface area contributed by atoms with Gasteiger partial charge in [0.25, 0.3) is 5.91 Å². The largest absolute Gasteiger partial charge is 0.397 e. The van der Waals surface area contributed by atoms with Gasteiger partial charge < -0.3 is 16.0 Å². The van der Waals surface area contributed by atoms with Crippen LogP contribution in [0.25, 0.3) is 0 Å². The summed E-state index contributed by atoms with van der Waals surface area (Å²) >= 11 is 0. The number of carbonyl (C=O) groups is 1. The molecule has 0 aliphatic heterocycles. The minimum absolute atomic E-state index is 0.189. The van der Waals surface area contributed by atoms with E-state index in [0.717, 1.165) is 0 Å². The van der Waals surface area contributed by atoms with Crippen LogP contribution < -0.4 is 11.1 Å². The first-order valence-corrected chi connectivity index (χ1v) is 5.36. The molecule has 1 amide bonds. The van der Waals surface area contributed by atoms with Crippen LogP contribution in [0.4, 0.5) is 11.5 Å². The number of aromatic nitrogens is 3. The van der Waals surface area contributed by atoms with E-state index in [-0.39, 0.29) is 11.9 Å². The predicted octanol–water partition coefficient (Wildman–Crippen LogP) is 1.63. The van der Waals surface area contributed by atoms with Gasteiger partial charge >= 0.3 is 0 Å². The molecule has 0 radical (unpaired) electrons. The van der Waals surface area contributed by atoms with Crippen molar-refractivity contribution in [2.24, 2.45) is 0 Å². The summed E-state index contributed by atoms with van der Waals surface area (Å²) in [6.07, 6.45) is 3.23. The fraction of sp³-hybridized carbons (Fsp3) is 0.273. The number of rotatable bonds is 3. The van der Waals surface area contributed by atoms with Gasteiger partial charge in [0.05, 0.1) is 6.20 Å². The standard InChI is InChI=1S/C11H15N5O/c1-7(2)16-10(3-4-14-16)15-11(17)9-5-8(12)6-13-9/h3-7,13H,12H2,1-2H3,(H,15,17). The Hall–Kier alpha value is -2.24. The lowest BCUT2D eigenvalue weighted by atomic mass is 10.3. The highest BCUT2D eigenvalue weighted by atomic mass is 16.2. The monoisotopic (exact) mass is 233 g/mol. The van der Waals surface area contributed by atoms with Gasteiger partial charge in [-0.05, 0) is 19.9 Å². The molecule has 0 saturated heterocycles. The molecular formula is C11H15N5O. The highest BCUT2D eigenvalue weighted by Gasteiger charge is 2.12. The highest BCUT2D eigenvalue weighted by Crippen LogP contribution is 2.14. The molecule has 0 atom stereocenters. The molecule has 0 unspecified atom stereocenters. The maximum Gasteiger partial charge on any atom is 0.273 e. The smallest absolute Gasteiger partial charge is 0.273 e. The first-order chi connectivity index (χ1) is 8.08. The molecule has 90 valence electrons. The minimum Gasteiger partial charge on any atom is -0.397 e. The quantitative estimate of drug-likeness (QED) is 0.752. The van der Waals surface area contributed by atoms with Crippen LogP contribution in [0.5, 0.6) is 0 Å². The molecule has 4 N–H and O–H groups in total. The molecule has 2 heterocycles. The van der Waals surface area contributed by atoms with E-state index in [4.69, 9.17) is 5.73 Å². The van der Waals surface area contributed by atoms with Crippen molar-refractivity contribution in [1.82, 2.24) is 14.8 Å². The van der Waals surface area contributed by atoms with Crippen LogP contribution >= 0.6 is 0 Å². The molecule has 0 spiro atoms. The molecular weight excluding hydrogens is 218 g/mol. The predicted molar refractivity (Wildman–Crippen MR) is 65.8 cm³/mol. The zero-order valence-corrected chi connectivity index (χ0v) is 9.77. The summed E-state index contributed by atoms with van der Waals surface area (Å²) in [5, 5.41) is 6.91. The second-order valence-electron chi connectivity index (χ2n) is 4.06. The van der Waals surface area contributed by atoms with E-state index < -0.39 is 0 Å². The van der Waals surface area contributed by atoms with E-state index in [1.807, 2.05) is 13.8 Å². The fourth-order valence-electron chi connectivity index (χ4n) is 1.55. The zero-order valence-electron chi connectivity index (χ0n) is 9.77. The van der Waals surface area contributed by atoms with Gasteiger partial charge in [0.2, 0.25) is 0 Å². The van der Waals surface area contributed by atoms with Crippen LogP contribution in [0.2, 0.25) is 0 Å². The Morgan fingerprint density at radius 1 is 1.59 bits per heavy atom. The van der Waals surface area contributed by atoms with Crippen molar-refractivity contribution in [3.05, 3.63) is 30.2 Å². The van der Waals surface area contributed by atoms with Crippen molar-refractivity contribution in [3.63, 3.8) is 0 Å². The van der Waals surface area contributed by atoms with E-state index in [0.29, 0.717) is 17.2 Å². The Labute approximate surface area is 98.8 Å². The van der Waals surface area contributed by atoms with Crippen LogP contribution in [0.3, 0.4) is 0 Å². The van der Waals surface area contributed by atoms with E-state index >= 15 is 0 Å². The van der Waals surface area contributed by atoms with E-state index in [2.05, 4.69) is 15.4 Å². The SMILES string of the molecule is CC(C)n1nccc1NC(=O)c1cc(N)c[nH]1. The molecule has 2 rings (SSSR count). The van der Waals surface area contributed by atoms with Crippen molar-refractivity contribution in [1.29, 1.82) is 0 Å². The number of aromatic amines is 1. The number of hydrogen-bond acceptors (Lipinski definition) is 3. The zero-order chi connectivity index (χ0) is 12.4. The molecule has 17 heavy (non-hydrogen) atoms. The Morgan fingerprint density at radius 2 is 2.35 bits per heavy atom. The van der Waals surface area contributed by atoms with E-state index in [9.17, 15) is 4.79 Å². The van der Waals surface area contributed by atoms with Crippen LogP contribution in [0, 0.1) is 0 Å². The molecule has 6 heteroatoms. The topological polar surface area (TPSA) is 88.7 Å². The van der Waals surface area contributed by atoms with Gasteiger partial charge in [-0.2, -0.15) is 5.10 Å². The van der Waals surface area contributed by atoms with Gasteiger partial charge in [0.1, 0.15) is 11.5 Å². The van der Waals surface area contributed by atoms with Crippen molar-refractivity contribution in [2.45, 2.75) is 19.9 Å². The van der Waals surface area contributed by atoms with E-state index in [1.54, 1.807) is 29.2 Å². The molecule has 0 bridgehead atoms. The number of H-pyrrole nitrogens is 1. The Balaban J connectivity index is 2.16. The Bertz CT molecular complexity index is 525. The van der Waals surface area contributed by atoms with Crippen LogP contribution in [-0.4, -0.2) is 20.7 Å².